The highest BCUT2D eigenvalue weighted by Gasteiger charge is 2.16. The molecule has 8 heteroatoms. The highest BCUT2D eigenvalue weighted by atomic mass is 35.5. The Kier molecular flexibility index (Phi) is 5.33. The van der Waals surface area contributed by atoms with Crippen LogP contribution in [0.15, 0.2) is 17.2 Å². The number of nitrogens with two attached hydrogens (primary N) is 1. The van der Waals surface area contributed by atoms with Gasteiger partial charge in [0.1, 0.15) is 4.90 Å². The van der Waals surface area contributed by atoms with Crippen LogP contribution in [0.3, 0.4) is 0 Å². The molecule has 18 heavy (non-hydrogen) atoms. The summed E-state index contributed by atoms with van der Waals surface area (Å²) in [6.07, 6.45) is 1.97. The third kappa shape index (κ3) is 4.09. The van der Waals surface area contributed by atoms with Crippen molar-refractivity contribution in [1.82, 2.24) is 9.71 Å². The van der Waals surface area contributed by atoms with Gasteiger partial charge in [0.15, 0.2) is 5.82 Å². The quantitative estimate of drug-likeness (QED) is 0.543. The number of rotatable bonds is 6. The van der Waals surface area contributed by atoms with E-state index in [1.54, 1.807) is 0 Å². The lowest BCUT2D eigenvalue weighted by atomic mass is 10.1. The summed E-state index contributed by atoms with van der Waals surface area (Å²) in [6, 6.07) is 1.31. The van der Waals surface area contributed by atoms with Gasteiger partial charge in [0, 0.05) is 12.7 Å². The number of nitrogens with one attached hydrogen (secondary N) is 2. The average molecular weight is 293 g/mol. The zero-order chi connectivity index (χ0) is 13.8. The topological polar surface area (TPSA) is 97.1 Å². The molecule has 0 spiro atoms. The Balaban J connectivity index is 2.82. The molecule has 4 N–H and O–H groups in total. The van der Waals surface area contributed by atoms with E-state index in [1.807, 2.05) is 13.8 Å². The zero-order valence-electron chi connectivity index (χ0n) is 10.3. The highest BCUT2D eigenvalue weighted by molar-refractivity contribution is 7.89. The maximum atomic E-state index is 11.9. The third-order valence-electron chi connectivity index (χ3n) is 2.28. The molecule has 0 aromatic carbocycles. The van der Waals surface area contributed by atoms with E-state index in [1.165, 1.54) is 12.3 Å². The minimum atomic E-state index is -3.57. The molecular weight excluding hydrogens is 276 g/mol. The van der Waals surface area contributed by atoms with Crippen LogP contribution in [0.1, 0.15) is 20.3 Å². The van der Waals surface area contributed by atoms with Crippen molar-refractivity contribution in [2.75, 3.05) is 12.0 Å². The van der Waals surface area contributed by atoms with Gasteiger partial charge in [0.25, 0.3) is 0 Å². The van der Waals surface area contributed by atoms with E-state index in [4.69, 9.17) is 17.4 Å². The summed E-state index contributed by atoms with van der Waals surface area (Å²) in [6.45, 7) is 4.43. The fourth-order valence-corrected chi connectivity index (χ4v) is 2.54. The van der Waals surface area contributed by atoms with Gasteiger partial charge in [-0.05, 0) is 18.4 Å². The fraction of sp³-hybridized carbons (Fsp3) is 0.500. The molecule has 1 heterocycles. The Labute approximate surface area is 112 Å². The summed E-state index contributed by atoms with van der Waals surface area (Å²) >= 11 is 5.82. The van der Waals surface area contributed by atoms with Crippen molar-refractivity contribution in [2.24, 2.45) is 11.8 Å². The van der Waals surface area contributed by atoms with Crippen LogP contribution >= 0.6 is 11.6 Å². The maximum absolute atomic E-state index is 11.9. The molecule has 0 saturated heterocycles. The Morgan fingerprint density at radius 2 is 2.17 bits per heavy atom. The summed E-state index contributed by atoms with van der Waals surface area (Å²) in [5, 5.41) is 0.157. The molecule has 0 unspecified atom stereocenters. The van der Waals surface area contributed by atoms with Crippen LogP contribution in [0.25, 0.3) is 0 Å². The van der Waals surface area contributed by atoms with Gasteiger partial charge in [0.2, 0.25) is 10.0 Å². The molecular formula is C10H17ClN4O2S. The van der Waals surface area contributed by atoms with Gasteiger partial charge in [-0.3, -0.25) is 0 Å². The van der Waals surface area contributed by atoms with Crippen molar-refractivity contribution in [1.29, 1.82) is 0 Å². The van der Waals surface area contributed by atoms with Crippen LogP contribution in [0.5, 0.6) is 0 Å². The average Bonchev–Trinajstić information content (AvgIpc) is 2.28. The number of nitrogen functional groups attached to an aromatic ring is 1. The molecule has 1 aromatic heterocycles. The van der Waals surface area contributed by atoms with Crippen molar-refractivity contribution in [2.45, 2.75) is 25.2 Å². The van der Waals surface area contributed by atoms with Crippen LogP contribution in [0, 0.1) is 5.92 Å². The Morgan fingerprint density at radius 1 is 1.50 bits per heavy atom. The van der Waals surface area contributed by atoms with Gasteiger partial charge in [-0.2, -0.15) is 0 Å². The summed E-state index contributed by atoms with van der Waals surface area (Å²) < 4.78 is 26.3. The van der Waals surface area contributed by atoms with E-state index in [2.05, 4.69) is 15.1 Å². The first-order chi connectivity index (χ1) is 8.36. The summed E-state index contributed by atoms with van der Waals surface area (Å²) in [4.78, 5) is 3.84. The summed E-state index contributed by atoms with van der Waals surface area (Å²) in [5.74, 6) is 5.82. The molecule has 1 rings (SSSR count). The maximum Gasteiger partial charge on any atom is 0.242 e. The number of hydrogen-bond donors (Lipinski definition) is 3. The number of anilines is 1. The van der Waals surface area contributed by atoms with Crippen molar-refractivity contribution in [3.05, 3.63) is 17.3 Å². The first-order valence-corrected chi connectivity index (χ1v) is 7.34. The third-order valence-corrected chi connectivity index (χ3v) is 3.99. The lowest BCUT2D eigenvalue weighted by molar-refractivity contribution is 0.551. The molecule has 0 bridgehead atoms. The molecule has 0 radical (unpaired) electrons. The molecule has 6 nitrogen and oxygen atoms in total. The van der Waals surface area contributed by atoms with Gasteiger partial charge in [-0.15, -0.1) is 0 Å². The number of aromatic nitrogens is 1. The Morgan fingerprint density at radius 3 is 2.67 bits per heavy atom. The normalized spacial score (nSPS) is 11.8. The minimum Gasteiger partial charge on any atom is -0.307 e. The van der Waals surface area contributed by atoms with Gasteiger partial charge >= 0.3 is 0 Å². The van der Waals surface area contributed by atoms with Gasteiger partial charge in [-0.25, -0.2) is 24.0 Å². The van der Waals surface area contributed by atoms with Crippen molar-refractivity contribution in [3.8, 4) is 0 Å². The fourth-order valence-electron chi connectivity index (χ4n) is 1.24. The molecule has 0 atom stereocenters. The molecule has 0 aliphatic heterocycles. The largest absolute Gasteiger partial charge is 0.307 e. The van der Waals surface area contributed by atoms with Crippen LogP contribution in [-0.4, -0.2) is 19.9 Å². The highest BCUT2D eigenvalue weighted by Crippen LogP contribution is 2.21. The van der Waals surface area contributed by atoms with E-state index in [0.29, 0.717) is 12.5 Å². The van der Waals surface area contributed by atoms with Crippen molar-refractivity contribution in [3.63, 3.8) is 0 Å². The number of nitrogens with zero attached hydrogens (tertiary/aromatic N) is 1. The number of pyridine rings is 1. The monoisotopic (exact) mass is 292 g/mol. The lowest BCUT2D eigenvalue weighted by Gasteiger charge is -2.09. The summed E-state index contributed by atoms with van der Waals surface area (Å²) in [5.41, 5.74) is 2.27. The van der Waals surface area contributed by atoms with E-state index in [9.17, 15) is 8.42 Å². The van der Waals surface area contributed by atoms with Crippen LogP contribution in [0.4, 0.5) is 5.82 Å². The molecule has 1 aromatic rings. The number of halogens is 1. The molecule has 0 aliphatic carbocycles. The van der Waals surface area contributed by atoms with Gasteiger partial charge in [0.05, 0.1) is 5.02 Å². The van der Waals surface area contributed by atoms with Crippen molar-refractivity contribution < 1.29 is 8.42 Å². The minimum absolute atomic E-state index is 0.0234. The molecule has 0 fully saturated rings. The van der Waals surface area contributed by atoms with Crippen molar-refractivity contribution >= 4 is 27.4 Å². The van der Waals surface area contributed by atoms with E-state index in [0.717, 1.165) is 6.42 Å². The molecule has 0 saturated carbocycles. The van der Waals surface area contributed by atoms with E-state index >= 15 is 0 Å². The molecule has 102 valence electrons. The first kappa shape index (κ1) is 15.2. The Bertz CT molecular complexity index is 505. The predicted molar refractivity (Wildman–Crippen MR) is 71.7 cm³/mol. The second kappa shape index (κ2) is 6.33. The van der Waals surface area contributed by atoms with Crippen LogP contribution in [0.2, 0.25) is 5.02 Å². The number of sulfonamides is 1. The smallest absolute Gasteiger partial charge is 0.242 e. The standard InChI is InChI=1S/C10H17ClN4O2S/c1-7(2)3-4-14-18(16,17)8-5-9(11)10(15-12)13-6-8/h5-7,14H,3-4,12H2,1-2H3,(H,13,15). The molecule has 0 amide bonds. The Hall–Kier alpha value is -0.890. The number of hydrogen-bond acceptors (Lipinski definition) is 5. The second-order valence-corrected chi connectivity index (χ2v) is 6.40. The van der Waals surface area contributed by atoms with Crippen LogP contribution in [-0.2, 0) is 10.0 Å². The summed E-state index contributed by atoms with van der Waals surface area (Å²) in [7, 11) is -3.57. The van der Waals surface area contributed by atoms with E-state index < -0.39 is 10.0 Å². The van der Waals surface area contributed by atoms with E-state index in [-0.39, 0.29) is 15.7 Å². The SMILES string of the molecule is CC(C)CCNS(=O)(=O)c1cnc(NN)c(Cl)c1. The zero-order valence-corrected chi connectivity index (χ0v) is 11.8. The number of hydrazine groups is 1. The first-order valence-electron chi connectivity index (χ1n) is 5.48. The second-order valence-electron chi connectivity index (χ2n) is 4.23. The van der Waals surface area contributed by atoms with Gasteiger partial charge in [-0.1, -0.05) is 25.4 Å². The van der Waals surface area contributed by atoms with Crippen LogP contribution < -0.4 is 16.0 Å². The lowest BCUT2D eigenvalue weighted by Crippen LogP contribution is -2.26. The van der Waals surface area contributed by atoms with Gasteiger partial charge < -0.3 is 5.43 Å². The molecule has 0 aliphatic rings. The predicted octanol–water partition coefficient (Wildman–Crippen LogP) is 1.35.